The van der Waals surface area contributed by atoms with Gasteiger partial charge in [-0.3, -0.25) is 0 Å². The number of rotatable bonds is 2. The van der Waals surface area contributed by atoms with Crippen LogP contribution in [0, 0.1) is 23.7 Å². The summed E-state index contributed by atoms with van der Waals surface area (Å²) in [5.41, 5.74) is 16.8. The number of ether oxygens (including phenoxy) is 4. The molecular formula is C44H34O4. The van der Waals surface area contributed by atoms with E-state index in [1.807, 2.05) is 14.2 Å². The topological polar surface area (TPSA) is 36.9 Å². The van der Waals surface area contributed by atoms with Crippen molar-refractivity contribution in [2.45, 2.75) is 48.1 Å². The second kappa shape index (κ2) is 8.42. The first-order valence-electron chi connectivity index (χ1n) is 17.8. The van der Waals surface area contributed by atoms with Crippen molar-refractivity contribution in [3.05, 3.63) is 164 Å². The van der Waals surface area contributed by atoms with Gasteiger partial charge in [-0.05, 0) is 44.5 Å². The summed E-state index contributed by atoms with van der Waals surface area (Å²) in [4.78, 5) is 0. The molecule has 10 aliphatic rings. The molecule has 4 nitrogen and oxygen atoms in total. The van der Waals surface area contributed by atoms with E-state index < -0.39 is 0 Å². The van der Waals surface area contributed by atoms with E-state index in [0.29, 0.717) is 47.3 Å². The minimum Gasteiger partial charge on any atom is -0.496 e. The van der Waals surface area contributed by atoms with Gasteiger partial charge in [-0.2, -0.15) is 0 Å². The van der Waals surface area contributed by atoms with Crippen molar-refractivity contribution in [2.75, 3.05) is 14.2 Å². The zero-order valence-corrected chi connectivity index (χ0v) is 26.8. The van der Waals surface area contributed by atoms with Crippen LogP contribution in [0.25, 0.3) is 0 Å². The van der Waals surface area contributed by atoms with Crippen LogP contribution in [0.3, 0.4) is 0 Å². The number of fused-ring (bicyclic) bond motifs is 10. The van der Waals surface area contributed by atoms with Gasteiger partial charge in [0.2, 0.25) is 0 Å². The summed E-state index contributed by atoms with van der Waals surface area (Å²) in [5, 5.41) is 0. The molecule has 2 fully saturated rings. The third kappa shape index (κ3) is 2.57. The molecule has 4 aliphatic heterocycles. The molecule has 8 bridgehead atoms. The molecule has 0 N–H and O–H groups in total. The molecule has 0 amide bonds. The third-order valence-electron chi connectivity index (χ3n) is 14.2. The average Bonchev–Trinajstić information content (AvgIpc) is 3.93. The van der Waals surface area contributed by atoms with Crippen LogP contribution in [-0.2, 0) is 9.47 Å². The Bertz CT molecular complexity index is 1880. The quantitative estimate of drug-likeness (QED) is 0.196. The molecule has 0 saturated carbocycles. The fraction of sp³-hybridized carbons (Fsp3) is 0.318. The van der Waals surface area contributed by atoms with Crippen molar-refractivity contribution >= 4 is 0 Å². The van der Waals surface area contributed by atoms with Gasteiger partial charge in [-0.1, -0.05) is 97.1 Å². The Labute approximate surface area is 279 Å². The summed E-state index contributed by atoms with van der Waals surface area (Å²) in [6, 6.07) is 36.7. The first kappa shape index (κ1) is 25.6. The van der Waals surface area contributed by atoms with Gasteiger partial charge in [0.25, 0.3) is 0 Å². The molecule has 6 aliphatic carbocycles. The molecule has 0 radical (unpaired) electrons. The zero-order chi connectivity index (χ0) is 31.2. The normalized spacial score (nSPS) is 36.4. The van der Waals surface area contributed by atoms with Gasteiger partial charge in [0.15, 0.2) is 0 Å². The lowest BCUT2D eigenvalue weighted by Gasteiger charge is -2.52. The molecule has 5 aromatic carbocycles. The summed E-state index contributed by atoms with van der Waals surface area (Å²) >= 11 is 0. The van der Waals surface area contributed by atoms with Crippen LogP contribution in [-0.4, -0.2) is 14.2 Å². The summed E-state index contributed by atoms with van der Waals surface area (Å²) < 4.78 is 27.7. The van der Waals surface area contributed by atoms with E-state index in [-0.39, 0.29) is 24.4 Å². The Kier molecular flexibility index (Phi) is 4.49. The van der Waals surface area contributed by atoms with Crippen LogP contribution in [0.5, 0.6) is 11.5 Å². The largest absolute Gasteiger partial charge is 0.496 e. The van der Waals surface area contributed by atoms with E-state index in [1.165, 1.54) is 66.8 Å². The highest BCUT2D eigenvalue weighted by molar-refractivity contribution is 5.71. The van der Waals surface area contributed by atoms with E-state index in [2.05, 4.69) is 97.1 Å². The van der Waals surface area contributed by atoms with Gasteiger partial charge in [0, 0.05) is 69.6 Å². The minimum atomic E-state index is -0.0439. The van der Waals surface area contributed by atoms with Gasteiger partial charge in [-0.25, -0.2) is 0 Å². The third-order valence-corrected chi connectivity index (χ3v) is 14.2. The van der Waals surface area contributed by atoms with E-state index in [9.17, 15) is 0 Å². The minimum absolute atomic E-state index is 0.0439. The highest BCUT2D eigenvalue weighted by atomic mass is 16.5. The second-order valence-corrected chi connectivity index (χ2v) is 15.4. The average molecular weight is 627 g/mol. The predicted molar refractivity (Wildman–Crippen MR) is 180 cm³/mol. The lowest BCUT2D eigenvalue weighted by molar-refractivity contribution is 0.0466. The number of methoxy groups -OCH3 is 2. The van der Waals surface area contributed by atoms with Crippen molar-refractivity contribution in [3.8, 4) is 11.5 Å². The van der Waals surface area contributed by atoms with Crippen molar-refractivity contribution in [2.24, 2.45) is 23.7 Å². The second-order valence-electron chi connectivity index (χ2n) is 15.4. The SMILES string of the molecule is COc1c2c(c(OC)c3c1[C@H]1O[C@H]3[C@H]3C4c5ccccc5C(c5ccccc54)[C@@H]31)[C@H]1O[C@H]2[C@@H]2C3c4ccccc4C(c4ccccc43)[C@@H]21. The maximum Gasteiger partial charge on any atom is 0.131 e. The Hall–Kier alpha value is -4.38. The summed E-state index contributed by atoms with van der Waals surface area (Å²) in [5.74, 6) is 4.63. The highest BCUT2D eigenvalue weighted by Gasteiger charge is 2.69. The van der Waals surface area contributed by atoms with Gasteiger partial charge in [0.05, 0.1) is 38.6 Å². The number of benzene rings is 5. The monoisotopic (exact) mass is 626 g/mol. The standard InChI is InChI=1S/C44H34O4/c1-45-39-35-37(43-33-29-23-15-7-3-11-19(23)27(31(33)41(35)47-43)20-12-4-8-16-24(20)29)40(46-2)38-36(39)42-32-28-21-13-5-9-17-25(21)30(34(32)44(38)48-42)26-18-10-6-14-22(26)28/h3-18,27-34,41-44H,1-2H3/t27?,28?,29?,30?,31-,32-,33-,34+,41-,42-,43-,44-/m0/s1. The summed E-state index contributed by atoms with van der Waals surface area (Å²) in [6.45, 7) is 0. The molecule has 234 valence electrons. The molecule has 5 aromatic rings. The molecule has 4 heterocycles. The first-order valence-corrected chi connectivity index (χ1v) is 17.8. The lowest BCUT2D eigenvalue weighted by atomic mass is 9.49. The fourth-order valence-corrected chi connectivity index (χ4v) is 13.1. The van der Waals surface area contributed by atoms with Crippen LogP contribution < -0.4 is 9.47 Å². The molecule has 4 heteroatoms. The number of hydrogen-bond acceptors (Lipinski definition) is 4. The first-order chi connectivity index (χ1) is 23.8. The van der Waals surface area contributed by atoms with Crippen molar-refractivity contribution in [1.29, 1.82) is 0 Å². The van der Waals surface area contributed by atoms with E-state index in [0.717, 1.165) is 11.5 Å². The molecule has 48 heavy (non-hydrogen) atoms. The van der Waals surface area contributed by atoms with Crippen molar-refractivity contribution < 1.29 is 18.9 Å². The zero-order valence-electron chi connectivity index (χ0n) is 26.8. The Morgan fingerprint density at radius 3 is 0.750 bits per heavy atom. The summed E-state index contributed by atoms with van der Waals surface area (Å²) in [6.07, 6.45) is -0.176. The van der Waals surface area contributed by atoms with Crippen LogP contribution >= 0.6 is 0 Å². The van der Waals surface area contributed by atoms with Gasteiger partial charge in [-0.15, -0.1) is 0 Å². The molecule has 2 saturated heterocycles. The predicted octanol–water partition coefficient (Wildman–Crippen LogP) is 9.00. The molecular weight excluding hydrogens is 592 g/mol. The van der Waals surface area contributed by atoms with Gasteiger partial charge < -0.3 is 18.9 Å². The van der Waals surface area contributed by atoms with E-state index in [1.54, 1.807) is 0 Å². The van der Waals surface area contributed by atoms with Crippen LogP contribution in [0.4, 0.5) is 0 Å². The van der Waals surface area contributed by atoms with E-state index in [4.69, 9.17) is 18.9 Å². The smallest absolute Gasteiger partial charge is 0.131 e. The Morgan fingerprint density at radius 1 is 0.354 bits per heavy atom. The Morgan fingerprint density at radius 2 is 0.562 bits per heavy atom. The van der Waals surface area contributed by atoms with E-state index >= 15 is 0 Å². The highest BCUT2D eigenvalue weighted by Crippen LogP contribution is 2.79. The van der Waals surface area contributed by atoms with Gasteiger partial charge >= 0.3 is 0 Å². The molecule has 15 rings (SSSR count). The van der Waals surface area contributed by atoms with Crippen molar-refractivity contribution in [3.63, 3.8) is 0 Å². The van der Waals surface area contributed by atoms with Crippen LogP contribution in [0.1, 0.15) is 115 Å². The molecule has 0 spiro atoms. The molecule has 8 atom stereocenters. The maximum absolute atomic E-state index is 7.26. The van der Waals surface area contributed by atoms with Crippen LogP contribution in [0.15, 0.2) is 97.1 Å². The molecule has 0 unspecified atom stereocenters. The molecule has 0 aromatic heterocycles. The van der Waals surface area contributed by atoms with Gasteiger partial charge in [0.1, 0.15) is 11.5 Å². The Balaban J connectivity index is 1.04. The van der Waals surface area contributed by atoms with Crippen LogP contribution in [0.2, 0.25) is 0 Å². The maximum atomic E-state index is 7.26. The number of hydrogen-bond donors (Lipinski definition) is 0. The van der Waals surface area contributed by atoms with Crippen molar-refractivity contribution in [1.82, 2.24) is 0 Å². The fourth-order valence-electron chi connectivity index (χ4n) is 13.1. The summed E-state index contributed by atoms with van der Waals surface area (Å²) in [7, 11) is 3.73. The lowest BCUT2D eigenvalue weighted by Crippen LogP contribution is -2.43.